The minimum atomic E-state index is -0.0291. The highest BCUT2D eigenvalue weighted by Crippen LogP contribution is 2.01. The number of carbonyl (C=O) groups excluding carboxylic acids is 1. The van der Waals surface area contributed by atoms with Crippen LogP contribution >= 0.6 is 0 Å². The molecule has 3 nitrogen and oxygen atoms in total. The minimum Gasteiger partial charge on any atom is -0.311 e. The van der Waals surface area contributed by atoms with Crippen molar-refractivity contribution in [3.8, 4) is 0 Å². The Morgan fingerprint density at radius 1 is 1.62 bits per heavy atom. The zero-order valence-corrected chi connectivity index (χ0v) is 7.36. The van der Waals surface area contributed by atoms with Crippen molar-refractivity contribution < 1.29 is 4.79 Å². The lowest BCUT2D eigenvalue weighted by atomic mass is 10.3. The van der Waals surface area contributed by atoms with E-state index < -0.39 is 0 Å². The first kappa shape index (κ1) is 9.45. The van der Waals surface area contributed by atoms with Crippen molar-refractivity contribution in [2.24, 2.45) is 0 Å². The van der Waals surface area contributed by atoms with Gasteiger partial charge in [0.25, 0.3) is 0 Å². The van der Waals surface area contributed by atoms with Gasteiger partial charge < -0.3 is 5.32 Å². The van der Waals surface area contributed by atoms with E-state index in [1.54, 1.807) is 24.4 Å². The second-order valence-corrected chi connectivity index (χ2v) is 2.59. The van der Waals surface area contributed by atoms with Crippen LogP contribution in [0.5, 0.6) is 0 Å². The Hall–Kier alpha value is -1.64. The topological polar surface area (TPSA) is 42.0 Å². The van der Waals surface area contributed by atoms with Crippen LogP contribution in [0.2, 0.25) is 0 Å². The summed E-state index contributed by atoms with van der Waals surface area (Å²) in [5, 5.41) is 2.68. The Morgan fingerprint density at radius 2 is 2.46 bits per heavy atom. The average molecular weight is 176 g/mol. The maximum absolute atomic E-state index is 11.2. The van der Waals surface area contributed by atoms with Gasteiger partial charge in [-0.15, -0.1) is 6.58 Å². The molecule has 1 aromatic heterocycles. The van der Waals surface area contributed by atoms with E-state index in [4.69, 9.17) is 0 Å². The number of pyridine rings is 1. The number of allylic oxidation sites excluding steroid dienone is 1. The van der Waals surface area contributed by atoms with Crippen LogP contribution in [-0.2, 0) is 4.79 Å². The van der Waals surface area contributed by atoms with E-state index in [0.29, 0.717) is 18.7 Å². The lowest BCUT2D eigenvalue weighted by Crippen LogP contribution is -2.11. The molecule has 1 heterocycles. The lowest BCUT2D eigenvalue weighted by molar-refractivity contribution is -0.116. The van der Waals surface area contributed by atoms with Gasteiger partial charge in [-0.3, -0.25) is 4.79 Å². The zero-order valence-electron chi connectivity index (χ0n) is 7.36. The van der Waals surface area contributed by atoms with Gasteiger partial charge in [0, 0.05) is 12.6 Å². The van der Waals surface area contributed by atoms with Crippen LogP contribution in [0.3, 0.4) is 0 Å². The predicted octanol–water partition coefficient (Wildman–Crippen LogP) is 1.99. The molecule has 0 spiro atoms. The number of hydrogen-bond acceptors (Lipinski definition) is 2. The number of nitrogens with zero attached hydrogens (tertiary/aromatic N) is 1. The quantitative estimate of drug-likeness (QED) is 0.713. The van der Waals surface area contributed by atoms with Gasteiger partial charge in [-0.25, -0.2) is 4.98 Å². The van der Waals surface area contributed by atoms with E-state index in [0.717, 1.165) is 0 Å². The largest absolute Gasteiger partial charge is 0.311 e. The number of carbonyl (C=O) groups is 1. The third kappa shape index (κ3) is 3.51. The van der Waals surface area contributed by atoms with Gasteiger partial charge in [-0.05, 0) is 18.6 Å². The molecule has 13 heavy (non-hydrogen) atoms. The van der Waals surface area contributed by atoms with Crippen LogP contribution in [0, 0.1) is 0 Å². The Kier molecular flexibility index (Phi) is 3.70. The summed E-state index contributed by atoms with van der Waals surface area (Å²) in [7, 11) is 0. The molecule has 0 atom stereocenters. The molecule has 0 unspecified atom stereocenters. The van der Waals surface area contributed by atoms with Gasteiger partial charge in [0.2, 0.25) is 5.91 Å². The summed E-state index contributed by atoms with van der Waals surface area (Å²) in [5.74, 6) is 0.565. The molecule has 1 N–H and O–H groups in total. The molecule has 0 aliphatic carbocycles. The molecule has 1 amide bonds. The number of anilines is 1. The second kappa shape index (κ2) is 5.09. The molecule has 0 saturated carbocycles. The van der Waals surface area contributed by atoms with Crippen molar-refractivity contribution >= 4 is 11.7 Å². The molecular formula is C10H12N2O. The zero-order chi connectivity index (χ0) is 9.52. The molecule has 0 bridgehead atoms. The van der Waals surface area contributed by atoms with Gasteiger partial charge in [-0.2, -0.15) is 0 Å². The van der Waals surface area contributed by atoms with Crippen LogP contribution in [0.4, 0.5) is 5.82 Å². The molecule has 0 fully saturated rings. The Labute approximate surface area is 77.5 Å². The summed E-state index contributed by atoms with van der Waals surface area (Å²) in [6, 6.07) is 5.39. The summed E-state index contributed by atoms with van der Waals surface area (Å²) in [4.78, 5) is 15.1. The maximum atomic E-state index is 11.2. The molecular weight excluding hydrogens is 164 g/mol. The van der Waals surface area contributed by atoms with Crippen LogP contribution in [-0.4, -0.2) is 10.9 Å². The highest BCUT2D eigenvalue weighted by Gasteiger charge is 1.99. The van der Waals surface area contributed by atoms with Gasteiger partial charge >= 0.3 is 0 Å². The lowest BCUT2D eigenvalue weighted by Gasteiger charge is -2.01. The van der Waals surface area contributed by atoms with E-state index in [-0.39, 0.29) is 5.91 Å². The molecule has 68 valence electrons. The van der Waals surface area contributed by atoms with Crippen molar-refractivity contribution in [1.29, 1.82) is 0 Å². The van der Waals surface area contributed by atoms with Crippen LogP contribution < -0.4 is 5.32 Å². The third-order valence-electron chi connectivity index (χ3n) is 1.51. The molecule has 0 aliphatic heterocycles. The SMILES string of the molecule is C=CCCC(=O)Nc1ccccn1. The number of aromatic nitrogens is 1. The summed E-state index contributed by atoms with van der Waals surface area (Å²) in [6.07, 6.45) is 4.51. The molecule has 0 radical (unpaired) electrons. The Bertz CT molecular complexity index is 282. The number of hydrogen-bond donors (Lipinski definition) is 1. The van der Waals surface area contributed by atoms with Crippen molar-refractivity contribution in [2.45, 2.75) is 12.8 Å². The van der Waals surface area contributed by atoms with E-state index in [9.17, 15) is 4.79 Å². The molecule has 0 aromatic carbocycles. The van der Waals surface area contributed by atoms with E-state index >= 15 is 0 Å². The minimum absolute atomic E-state index is 0.0291. The smallest absolute Gasteiger partial charge is 0.225 e. The van der Waals surface area contributed by atoms with Crippen LogP contribution in [0.25, 0.3) is 0 Å². The summed E-state index contributed by atoms with van der Waals surface area (Å²) in [6.45, 7) is 3.54. The van der Waals surface area contributed by atoms with Crippen molar-refractivity contribution in [1.82, 2.24) is 4.98 Å². The maximum Gasteiger partial charge on any atom is 0.225 e. The second-order valence-electron chi connectivity index (χ2n) is 2.59. The van der Waals surface area contributed by atoms with E-state index in [1.165, 1.54) is 0 Å². The Morgan fingerprint density at radius 3 is 3.08 bits per heavy atom. The molecule has 1 rings (SSSR count). The monoisotopic (exact) mass is 176 g/mol. The molecule has 3 heteroatoms. The van der Waals surface area contributed by atoms with Crippen LogP contribution in [0.1, 0.15) is 12.8 Å². The third-order valence-corrected chi connectivity index (χ3v) is 1.51. The number of amides is 1. The first-order valence-electron chi connectivity index (χ1n) is 4.14. The highest BCUT2D eigenvalue weighted by atomic mass is 16.1. The normalized spacial score (nSPS) is 9.23. The predicted molar refractivity (Wildman–Crippen MR) is 52.3 cm³/mol. The van der Waals surface area contributed by atoms with Gasteiger partial charge in [0.05, 0.1) is 0 Å². The van der Waals surface area contributed by atoms with Gasteiger partial charge in [0.15, 0.2) is 0 Å². The van der Waals surface area contributed by atoms with Gasteiger partial charge in [-0.1, -0.05) is 12.1 Å². The van der Waals surface area contributed by atoms with Crippen molar-refractivity contribution in [3.63, 3.8) is 0 Å². The van der Waals surface area contributed by atoms with E-state index in [2.05, 4.69) is 16.9 Å². The first-order valence-corrected chi connectivity index (χ1v) is 4.14. The highest BCUT2D eigenvalue weighted by molar-refractivity contribution is 5.89. The summed E-state index contributed by atoms with van der Waals surface area (Å²) < 4.78 is 0. The van der Waals surface area contributed by atoms with Crippen molar-refractivity contribution in [3.05, 3.63) is 37.1 Å². The average Bonchev–Trinajstić information content (AvgIpc) is 2.16. The van der Waals surface area contributed by atoms with Crippen LogP contribution in [0.15, 0.2) is 37.1 Å². The summed E-state index contributed by atoms with van der Waals surface area (Å²) >= 11 is 0. The summed E-state index contributed by atoms with van der Waals surface area (Å²) in [5.41, 5.74) is 0. The fourth-order valence-corrected chi connectivity index (χ4v) is 0.875. The number of rotatable bonds is 4. The first-order chi connectivity index (χ1) is 6.33. The Balaban J connectivity index is 2.41. The standard InChI is InChI=1S/C10H12N2O/c1-2-3-7-10(13)12-9-6-4-5-8-11-9/h2,4-6,8H,1,3,7H2,(H,11,12,13). The van der Waals surface area contributed by atoms with E-state index in [1.807, 2.05) is 6.07 Å². The molecule has 0 aliphatic rings. The molecule has 1 aromatic rings. The van der Waals surface area contributed by atoms with Crippen molar-refractivity contribution in [2.75, 3.05) is 5.32 Å². The fourth-order valence-electron chi connectivity index (χ4n) is 0.875. The fraction of sp³-hybridized carbons (Fsp3) is 0.200. The number of nitrogens with one attached hydrogen (secondary N) is 1. The van der Waals surface area contributed by atoms with Gasteiger partial charge in [0.1, 0.15) is 5.82 Å². The molecule has 0 saturated heterocycles.